The highest BCUT2D eigenvalue weighted by atomic mass is 35.5. The third-order valence-corrected chi connectivity index (χ3v) is 3.80. The first kappa shape index (κ1) is 15.4. The molecular weight excluding hydrogens is 250 g/mol. The van der Waals surface area contributed by atoms with E-state index < -0.39 is 0 Å². The number of nitrogens with zero attached hydrogens (tertiary/aromatic N) is 4. The van der Waals surface area contributed by atoms with Crippen molar-refractivity contribution in [2.75, 3.05) is 13.1 Å². The van der Waals surface area contributed by atoms with E-state index in [1.54, 1.807) is 0 Å². The molecule has 2 atom stereocenters. The molecule has 104 valence electrons. The van der Waals surface area contributed by atoms with Crippen LogP contribution in [0.15, 0.2) is 0 Å². The van der Waals surface area contributed by atoms with Gasteiger partial charge in [-0.15, -0.1) is 22.6 Å². The molecular formula is C12H24ClN5. The van der Waals surface area contributed by atoms with Gasteiger partial charge in [0.2, 0.25) is 0 Å². The van der Waals surface area contributed by atoms with Gasteiger partial charge in [-0.3, -0.25) is 4.90 Å². The number of likely N-dealkylation sites (tertiary alicyclic amines) is 1. The standard InChI is InChI=1S/C12H23N5.ClH/c1-4-17-10(3)14-15-12(17)8-16-7-11(6-13)5-9(16)2;/h9,11H,4-8,13H2,1-3H3;1H. The van der Waals surface area contributed by atoms with Gasteiger partial charge < -0.3 is 10.3 Å². The molecule has 1 aliphatic heterocycles. The number of hydrogen-bond donors (Lipinski definition) is 1. The molecule has 0 bridgehead atoms. The minimum Gasteiger partial charge on any atom is -0.330 e. The first-order chi connectivity index (χ1) is 8.15. The minimum absolute atomic E-state index is 0. The number of aromatic nitrogens is 3. The predicted molar refractivity (Wildman–Crippen MR) is 74.7 cm³/mol. The molecule has 18 heavy (non-hydrogen) atoms. The SMILES string of the molecule is CCn1c(C)nnc1CN1CC(CN)CC1C.Cl. The average Bonchev–Trinajstić information content (AvgIpc) is 2.84. The van der Waals surface area contributed by atoms with E-state index in [4.69, 9.17) is 5.73 Å². The fourth-order valence-electron chi connectivity index (χ4n) is 2.74. The molecule has 1 aliphatic rings. The van der Waals surface area contributed by atoms with Gasteiger partial charge in [-0.1, -0.05) is 0 Å². The van der Waals surface area contributed by atoms with Crippen molar-refractivity contribution in [3.05, 3.63) is 11.6 Å². The lowest BCUT2D eigenvalue weighted by Gasteiger charge is -2.20. The van der Waals surface area contributed by atoms with Gasteiger partial charge in [-0.05, 0) is 39.7 Å². The van der Waals surface area contributed by atoms with E-state index in [0.29, 0.717) is 12.0 Å². The lowest BCUT2D eigenvalue weighted by atomic mass is 10.1. The van der Waals surface area contributed by atoms with E-state index in [1.807, 2.05) is 6.92 Å². The Morgan fingerprint density at radius 2 is 2.11 bits per heavy atom. The number of nitrogens with two attached hydrogens (primary N) is 1. The van der Waals surface area contributed by atoms with Crippen molar-refractivity contribution in [2.24, 2.45) is 11.7 Å². The highest BCUT2D eigenvalue weighted by Crippen LogP contribution is 2.23. The average molecular weight is 274 g/mol. The van der Waals surface area contributed by atoms with E-state index in [9.17, 15) is 0 Å². The van der Waals surface area contributed by atoms with Crippen molar-refractivity contribution in [3.8, 4) is 0 Å². The van der Waals surface area contributed by atoms with Crippen molar-refractivity contribution in [3.63, 3.8) is 0 Å². The summed E-state index contributed by atoms with van der Waals surface area (Å²) in [4.78, 5) is 2.47. The van der Waals surface area contributed by atoms with E-state index in [2.05, 4.69) is 33.5 Å². The third kappa shape index (κ3) is 3.02. The highest BCUT2D eigenvalue weighted by molar-refractivity contribution is 5.85. The molecule has 1 saturated heterocycles. The zero-order valence-corrected chi connectivity index (χ0v) is 12.3. The lowest BCUT2D eigenvalue weighted by Crippen LogP contribution is -2.29. The summed E-state index contributed by atoms with van der Waals surface area (Å²) in [5.74, 6) is 2.73. The summed E-state index contributed by atoms with van der Waals surface area (Å²) in [5, 5.41) is 8.43. The topological polar surface area (TPSA) is 60.0 Å². The first-order valence-corrected chi connectivity index (χ1v) is 6.48. The molecule has 0 radical (unpaired) electrons. The van der Waals surface area contributed by atoms with Crippen LogP contribution >= 0.6 is 12.4 Å². The fourth-order valence-corrected chi connectivity index (χ4v) is 2.74. The Labute approximate surface area is 115 Å². The molecule has 0 amide bonds. The van der Waals surface area contributed by atoms with Crippen LogP contribution in [0.4, 0.5) is 0 Å². The van der Waals surface area contributed by atoms with Gasteiger partial charge in [-0.25, -0.2) is 0 Å². The maximum absolute atomic E-state index is 5.75. The number of rotatable bonds is 4. The summed E-state index contributed by atoms with van der Waals surface area (Å²) in [6.45, 7) is 10.1. The maximum atomic E-state index is 5.75. The van der Waals surface area contributed by atoms with Gasteiger partial charge >= 0.3 is 0 Å². The maximum Gasteiger partial charge on any atom is 0.147 e. The quantitative estimate of drug-likeness (QED) is 0.896. The van der Waals surface area contributed by atoms with Gasteiger partial charge in [0.1, 0.15) is 11.6 Å². The molecule has 0 spiro atoms. The van der Waals surface area contributed by atoms with Crippen molar-refractivity contribution in [1.82, 2.24) is 19.7 Å². The van der Waals surface area contributed by atoms with E-state index in [0.717, 1.165) is 37.8 Å². The summed E-state index contributed by atoms with van der Waals surface area (Å²) in [7, 11) is 0. The normalized spacial score (nSPS) is 24.2. The Hall–Kier alpha value is -0.650. The summed E-state index contributed by atoms with van der Waals surface area (Å²) in [6.07, 6.45) is 1.20. The van der Waals surface area contributed by atoms with Gasteiger partial charge in [0.15, 0.2) is 0 Å². The van der Waals surface area contributed by atoms with Crippen LogP contribution in [0.5, 0.6) is 0 Å². The summed E-state index contributed by atoms with van der Waals surface area (Å²) >= 11 is 0. The smallest absolute Gasteiger partial charge is 0.147 e. The largest absolute Gasteiger partial charge is 0.330 e. The van der Waals surface area contributed by atoms with Crippen LogP contribution in [0.3, 0.4) is 0 Å². The lowest BCUT2D eigenvalue weighted by molar-refractivity contribution is 0.245. The number of aryl methyl sites for hydroxylation is 1. The second-order valence-electron chi connectivity index (χ2n) is 5.02. The Kier molecular flexibility index (Phi) is 5.56. The zero-order chi connectivity index (χ0) is 12.4. The van der Waals surface area contributed by atoms with Crippen LogP contribution in [0.2, 0.25) is 0 Å². The zero-order valence-electron chi connectivity index (χ0n) is 11.5. The molecule has 1 aromatic heterocycles. The van der Waals surface area contributed by atoms with E-state index in [-0.39, 0.29) is 12.4 Å². The molecule has 5 nitrogen and oxygen atoms in total. The second kappa shape index (κ2) is 6.50. The number of hydrogen-bond acceptors (Lipinski definition) is 4. The molecule has 2 rings (SSSR count). The van der Waals surface area contributed by atoms with E-state index >= 15 is 0 Å². The van der Waals surface area contributed by atoms with Crippen molar-refractivity contribution >= 4 is 12.4 Å². The summed E-state index contributed by atoms with van der Waals surface area (Å²) < 4.78 is 2.18. The molecule has 6 heteroatoms. The minimum atomic E-state index is 0. The van der Waals surface area contributed by atoms with Gasteiger partial charge in [0.05, 0.1) is 6.54 Å². The highest BCUT2D eigenvalue weighted by Gasteiger charge is 2.29. The molecule has 1 aromatic rings. The van der Waals surface area contributed by atoms with Crippen molar-refractivity contribution < 1.29 is 0 Å². The second-order valence-corrected chi connectivity index (χ2v) is 5.02. The molecule has 0 aliphatic carbocycles. The van der Waals surface area contributed by atoms with Crippen molar-refractivity contribution in [1.29, 1.82) is 0 Å². The van der Waals surface area contributed by atoms with Gasteiger partial charge in [-0.2, -0.15) is 0 Å². The van der Waals surface area contributed by atoms with Gasteiger partial charge in [0.25, 0.3) is 0 Å². The van der Waals surface area contributed by atoms with Crippen LogP contribution in [0.25, 0.3) is 0 Å². The molecule has 2 unspecified atom stereocenters. The molecule has 2 heterocycles. The first-order valence-electron chi connectivity index (χ1n) is 6.48. The van der Waals surface area contributed by atoms with Crippen LogP contribution in [-0.4, -0.2) is 38.8 Å². The van der Waals surface area contributed by atoms with E-state index in [1.165, 1.54) is 6.42 Å². The summed E-state index contributed by atoms with van der Waals surface area (Å²) in [6, 6.07) is 0.603. The Morgan fingerprint density at radius 1 is 1.39 bits per heavy atom. The Bertz CT molecular complexity index is 379. The predicted octanol–water partition coefficient (Wildman–Crippen LogP) is 1.20. The van der Waals surface area contributed by atoms with Crippen LogP contribution in [0, 0.1) is 12.8 Å². The van der Waals surface area contributed by atoms with Crippen LogP contribution < -0.4 is 5.73 Å². The Morgan fingerprint density at radius 3 is 2.67 bits per heavy atom. The van der Waals surface area contributed by atoms with Crippen LogP contribution in [-0.2, 0) is 13.1 Å². The Balaban J connectivity index is 0.00000162. The molecule has 1 fully saturated rings. The third-order valence-electron chi connectivity index (χ3n) is 3.80. The number of halogens is 1. The van der Waals surface area contributed by atoms with Crippen LogP contribution in [0.1, 0.15) is 31.9 Å². The van der Waals surface area contributed by atoms with Crippen molar-refractivity contribution in [2.45, 2.75) is 46.3 Å². The monoisotopic (exact) mass is 273 g/mol. The molecule has 0 saturated carbocycles. The summed E-state index contributed by atoms with van der Waals surface area (Å²) in [5.41, 5.74) is 5.75. The molecule has 0 aromatic carbocycles. The van der Waals surface area contributed by atoms with Gasteiger partial charge in [0, 0.05) is 19.1 Å². The fraction of sp³-hybridized carbons (Fsp3) is 0.833. The molecule has 2 N–H and O–H groups in total.